The lowest BCUT2D eigenvalue weighted by atomic mass is 9.98. The molecule has 1 aromatic rings. The minimum Gasteiger partial charge on any atom is -0.493 e. The maximum Gasteiger partial charge on any atom is 0.160 e. The summed E-state index contributed by atoms with van der Waals surface area (Å²) < 4.78 is 10.6. The normalized spacial score (nSPS) is 14.0. The molecule has 0 aliphatic carbocycles. The van der Waals surface area contributed by atoms with Crippen LogP contribution in [0.1, 0.15) is 32.8 Å². The van der Waals surface area contributed by atoms with E-state index in [1.807, 2.05) is 12.1 Å². The predicted molar refractivity (Wildman–Crippen MR) is 86.2 cm³/mol. The topological polar surface area (TPSA) is 50.7 Å². The maximum atomic E-state index is 9.14. The van der Waals surface area contributed by atoms with E-state index >= 15 is 0 Å². The number of benzene rings is 1. The van der Waals surface area contributed by atoms with Gasteiger partial charge in [-0.15, -0.1) is 0 Å². The number of hydrogen-bond acceptors (Lipinski definition) is 4. The molecule has 0 aromatic heterocycles. The Hall–Kier alpha value is -1.26. The number of aliphatic hydroxyl groups excluding tert-OH is 1. The van der Waals surface area contributed by atoms with E-state index in [1.165, 1.54) is 5.56 Å². The van der Waals surface area contributed by atoms with Crippen LogP contribution in [0, 0.1) is 5.92 Å². The van der Waals surface area contributed by atoms with Crippen molar-refractivity contribution in [1.29, 1.82) is 0 Å². The summed E-state index contributed by atoms with van der Waals surface area (Å²) in [6, 6.07) is 6.70. The Labute approximate surface area is 128 Å². The molecule has 2 unspecified atom stereocenters. The smallest absolute Gasteiger partial charge is 0.160 e. The quantitative estimate of drug-likeness (QED) is 0.735. The van der Waals surface area contributed by atoms with E-state index in [9.17, 15) is 0 Å². The van der Waals surface area contributed by atoms with Gasteiger partial charge in [0.15, 0.2) is 11.5 Å². The van der Waals surface area contributed by atoms with Crippen LogP contribution >= 0.6 is 0 Å². The van der Waals surface area contributed by atoms with Crippen LogP contribution in [0.2, 0.25) is 0 Å². The number of rotatable bonds is 9. The molecule has 0 heterocycles. The van der Waals surface area contributed by atoms with Gasteiger partial charge in [-0.05, 0) is 43.4 Å². The molecule has 0 radical (unpaired) electrons. The van der Waals surface area contributed by atoms with Gasteiger partial charge >= 0.3 is 0 Å². The Morgan fingerprint density at radius 1 is 1.10 bits per heavy atom. The first-order valence-corrected chi connectivity index (χ1v) is 7.59. The maximum absolute atomic E-state index is 9.14. The van der Waals surface area contributed by atoms with Crippen LogP contribution in [0.3, 0.4) is 0 Å². The molecule has 0 saturated carbocycles. The number of hydrogen-bond donors (Lipinski definition) is 2. The van der Waals surface area contributed by atoms with E-state index in [0.29, 0.717) is 18.0 Å². The zero-order valence-electron chi connectivity index (χ0n) is 13.8. The van der Waals surface area contributed by atoms with Gasteiger partial charge in [0, 0.05) is 18.7 Å². The van der Waals surface area contributed by atoms with Crippen LogP contribution < -0.4 is 14.8 Å². The first kappa shape index (κ1) is 17.8. The zero-order chi connectivity index (χ0) is 15.8. The highest BCUT2D eigenvalue weighted by molar-refractivity contribution is 5.43. The third-order valence-corrected chi connectivity index (χ3v) is 3.73. The van der Waals surface area contributed by atoms with Crippen molar-refractivity contribution in [3.8, 4) is 11.5 Å². The molecule has 0 aliphatic rings. The molecular formula is C17H29NO3. The van der Waals surface area contributed by atoms with Gasteiger partial charge in [0.2, 0.25) is 0 Å². The Balaban J connectivity index is 2.67. The molecule has 120 valence electrons. The molecular weight excluding hydrogens is 266 g/mol. The Bertz CT molecular complexity index is 420. The lowest BCUT2D eigenvalue weighted by Crippen LogP contribution is -2.41. The van der Waals surface area contributed by atoms with Crippen molar-refractivity contribution in [3.63, 3.8) is 0 Å². The average molecular weight is 295 g/mol. The second-order valence-electron chi connectivity index (χ2n) is 5.82. The predicted octanol–water partition coefficient (Wildman–Crippen LogP) is 2.63. The van der Waals surface area contributed by atoms with Crippen molar-refractivity contribution in [2.45, 2.75) is 45.7 Å². The van der Waals surface area contributed by atoms with E-state index in [0.717, 1.165) is 24.3 Å². The number of aliphatic hydroxyl groups is 1. The molecule has 0 saturated heterocycles. The van der Waals surface area contributed by atoms with Gasteiger partial charge < -0.3 is 19.9 Å². The molecule has 0 spiro atoms. The lowest BCUT2D eigenvalue weighted by molar-refractivity contribution is 0.236. The standard InChI is InChI=1S/C17H29NO3/c1-12(2)15(8-9-19)18-13(3)10-14-6-7-16(20-4)17(11-14)21-5/h6-7,11-13,15,18-19H,8-10H2,1-5H3. The first-order chi connectivity index (χ1) is 10.0. The monoisotopic (exact) mass is 295 g/mol. The largest absolute Gasteiger partial charge is 0.493 e. The van der Waals surface area contributed by atoms with E-state index < -0.39 is 0 Å². The molecule has 0 fully saturated rings. The van der Waals surface area contributed by atoms with E-state index in [1.54, 1.807) is 14.2 Å². The van der Waals surface area contributed by atoms with Gasteiger partial charge in [0.1, 0.15) is 0 Å². The summed E-state index contributed by atoms with van der Waals surface area (Å²) in [5, 5.41) is 12.7. The van der Waals surface area contributed by atoms with Crippen molar-refractivity contribution < 1.29 is 14.6 Å². The van der Waals surface area contributed by atoms with Crippen LogP contribution in [0.4, 0.5) is 0 Å². The second-order valence-corrected chi connectivity index (χ2v) is 5.82. The van der Waals surface area contributed by atoms with Gasteiger partial charge in [-0.25, -0.2) is 0 Å². The van der Waals surface area contributed by atoms with E-state index in [-0.39, 0.29) is 6.61 Å². The SMILES string of the molecule is COc1ccc(CC(C)NC(CCO)C(C)C)cc1OC. The third kappa shape index (κ3) is 5.56. The van der Waals surface area contributed by atoms with Crippen LogP contribution in [0.25, 0.3) is 0 Å². The minimum absolute atomic E-state index is 0.221. The van der Waals surface area contributed by atoms with Crippen LogP contribution in [-0.4, -0.2) is 38.0 Å². The van der Waals surface area contributed by atoms with Gasteiger partial charge in [-0.1, -0.05) is 19.9 Å². The van der Waals surface area contributed by atoms with Crippen molar-refractivity contribution in [1.82, 2.24) is 5.32 Å². The molecule has 0 amide bonds. The van der Waals surface area contributed by atoms with E-state index in [4.69, 9.17) is 14.6 Å². The summed E-state index contributed by atoms with van der Waals surface area (Å²) in [4.78, 5) is 0. The molecule has 1 aromatic carbocycles. The summed E-state index contributed by atoms with van der Waals surface area (Å²) in [5.74, 6) is 2.02. The summed E-state index contributed by atoms with van der Waals surface area (Å²) in [6.07, 6.45) is 1.70. The fourth-order valence-corrected chi connectivity index (χ4v) is 2.53. The Kier molecular flexibility index (Phi) is 7.54. The molecule has 0 bridgehead atoms. The highest BCUT2D eigenvalue weighted by atomic mass is 16.5. The molecule has 4 heteroatoms. The number of methoxy groups -OCH3 is 2. The summed E-state index contributed by atoms with van der Waals surface area (Å²) in [5.41, 5.74) is 1.21. The molecule has 2 N–H and O–H groups in total. The fraction of sp³-hybridized carbons (Fsp3) is 0.647. The lowest BCUT2D eigenvalue weighted by Gasteiger charge is -2.26. The zero-order valence-corrected chi connectivity index (χ0v) is 13.8. The summed E-state index contributed by atoms with van der Waals surface area (Å²) >= 11 is 0. The molecule has 21 heavy (non-hydrogen) atoms. The second kappa shape index (κ2) is 8.90. The molecule has 1 rings (SSSR count). The summed E-state index contributed by atoms with van der Waals surface area (Å²) in [6.45, 7) is 6.75. The van der Waals surface area contributed by atoms with Gasteiger partial charge in [-0.3, -0.25) is 0 Å². The first-order valence-electron chi connectivity index (χ1n) is 7.59. The Morgan fingerprint density at radius 2 is 1.76 bits per heavy atom. The fourth-order valence-electron chi connectivity index (χ4n) is 2.53. The third-order valence-electron chi connectivity index (χ3n) is 3.73. The highest BCUT2D eigenvalue weighted by Crippen LogP contribution is 2.28. The Morgan fingerprint density at radius 3 is 2.29 bits per heavy atom. The highest BCUT2D eigenvalue weighted by Gasteiger charge is 2.16. The van der Waals surface area contributed by atoms with Gasteiger partial charge in [0.25, 0.3) is 0 Å². The van der Waals surface area contributed by atoms with E-state index in [2.05, 4.69) is 32.2 Å². The molecule has 4 nitrogen and oxygen atoms in total. The van der Waals surface area contributed by atoms with Gasteiger partial charge in [-0.2, -0.15) is 0 Å². The van der Waals surface area contributed by atoms with Crippen molar-refractivity contribution in [3.05, 3.63) is 23.8 Å². The summed E-state index contributed by atoms with van der Waals surface area (Å²) in [7, 11) is 3.29. The van der Waals surface area contributed by atoms with Crippen LogP contribution in [0.15, 0.2) is 18.2 Å². The average Bonchev–Trinajstić information content (AvgIpc) is 2.46. The van der Waals surface area contributed by atoms with Crippen LogP contribution in [-0.2, 0) is 6.42 Å². The van der Waals surface area contributed by atoms with Crippen molar-refractivity contribution in [2.24, 2.45) is 5.92 Å². The number of ether oxygens (including phenoxy) is 2. The van der Waals surface area contributed by atoms with Crippen molar-refractivity contribution in [2.75, 3.05) is 20.8 Å². The van der Waals surface area contributed by atoms with Crippen LogP contribution in [0.5, 0.6) is 11.5 Å². The van der Waals surface area contributed by atoms with Gasteiger partial charge in [0.05, 0.1) is 14.2 Å². The molecule has 2 atom stereocenters. The molecule has 0 aliphatic heterocycles. The number of nitrogens with one attached hydrogen (secondary N) is 1. The minimum atomic E-state index is 0.221. The van der Waals surface area contributed by atoms with Crippen molar-refractivity contribution >= 4 is 0 Å².